The number of benzene rings is 1. The largest absolute Gasteiger partial charge is 0.378 e. The lowest BCUT2D eigenvalue weighted by Gasteiger charge is -2.17. The van der Waals surface area contributed by atoms with Crippen molar-refractivity contribution in [3.05, 3.63) is 52.4 Å². The lowest BCUT2D eigenvalue weighted by Crippen LogP contribution is -2.32. The van der Waals surface area contributed by atoms with Gasteiger partial charge in [0.2, 0.25) is 20.0 Å². The summed E-state index contributed by atoms with van der Waals surface area (Å²) >= 11 is 3.58. The number of fused-ring (bicyclic) bond motifs is 1. The molecule has 1 aliphatic rings. The summed E-state index contributed by atoms with van der Waals surface area (Å²) in [4.78, 5) is 12.7. The number of aryl methyl sites for hydroxylation is 1. The second-order valence-corrected chi connectivity index (χ2v) is 14.0. The molecule has 0 bridgehead atoms. The molecule has 14 heteroatoms. The van der Waals surface area contributed by atoms with Crippen LogP contribution in [0.5, 0.6) is 0 Å². The molecule has 1 saturated heterocycles. The van der Waals surface area contributed by atoms with Crippen molar-refractivity contribution >= 4 is 52.8 Å². The van der Waals surface area contributed by atoms with Crippen LogP contribution in [-0.2, 0) is 20.0 Å². The molecular formula is C24H28BrN7O4S2. The van der Waals surface area contributed by atoms with Gasteiger partial charge in [0.25, 0.3) is 0 Å². The summed E-state index contributed by atoms with van der Waals surface area (Å²) < 4.78 is 52.1. The third-order valence-electron chi connectivity index (χ3n) is 6.84. The lowest BCUT2D eigenvalue weighted by molar-refractivity contribution is 0.476. The molecule has 0 amide bonds. The van der Waals surface area contributed by atoms with E-state index >= 15 is 0 Å². The van der Waals surface area contributed by atoms with E-state index in [4.69, 9.17) is 10.1 Å². The predicted octanol–water partition coefficient (Wildman–Crippen LogP) is 3.28. The highest BCUT2D eigenvalue weighted by Gasteiger charge is 2.31. The minimum absolute atomic E-state index is 0.0460. The van der Waals surface area contributed by atoms with E-state index in [-0.39, 0.29) is 16.7 Å². The Morgan fingerprint density at radius 2 is 1.89 bits per heavy atom. The summed E-state index contributed by atoms with van der Waals surface area (Å²) in [6, 6.07) is 8.36. The number of aromatic nitrogens is 4. The van der Waals surface area contributed by atoms with E-state index in [2.05, 4.69) is 31.2 Å². The van der Waals surface area contributed by atoms with Gasteiger partial charge < -0.3 is 14.9 Å². The Bertz CT molecular complexity index is 1750. The second kappa shape index (κ2) is 9.75. The summed E-state index contributed by atoms with van der Waals surface area (Å²) in [5.74, 6) is 0.720. The number of rotatable bonds is 7. The van der Waals surface area contributed by atoms with E-state index < -0.39 is 20.0 Å². The molecule has 0 spiro atoms. The molecule has 1 unspecified atom stereocenters. The van der Waals surface area contributed by atoms with Gasteiger partial charge in [0, 0.05) is 48.0 Å². The molecule has 1 fully saturated rings. The Balaban J connectivity index is 1.48. The van der Waals surface area contributed by atoms with Crippen molar-refractivity contribution in [2.75, 3.05) is 24.2 Å². The molecular weight excluding hydrogens is 594 g/mol. The van der Waals surface area contributed by atoms with Crippen LogP contribution < -0.4 is 10.5 Å². The van der Waals surface area contributed by atoms with Crippen LogP contribution in [0.2, 0.25) is 0 Å². The zero-order valence-electron chi connectivity index (χ0n) is 21.1. The minimum Gasteiger partial charge on any atom is -0.378 e. The molecule has 4 aromatic rings. The van der Waals surface area contributed by atoms with Gasteiger partial charge in [-0.2, -0.15) is 4.31 Å². The van der Waals surface area contributed by atoms with Gasteiger partial charge in [0.05, 0.1) is 20.8 Å². The Morgan fingerprint density at radius 1 is 1.18 bits per heavy atom. The molecule has 1 aromatic carbocycles. The fraction of sp³-hybridized carbons (Fsp3) is 0.333. The number of H-pyrrole nitrogens is 1. The van der Waals surface area contributed by atoms with Crippen LogP contribution in [0.25, 0.3) is 28.2 Å². The van der Waals surface area contributed by atoms with Crippen LogP contribution in [0.4, 0.5) is 5.69 Å². The number of nitrogens with one attached hydrogen (secondary N) is 2. The maximum absolute atomic E-state index is 12.3. The van der Waals surface area contributed by atoms with Crippen molar-refractivity contribution in [3.63, 3.8) is 0 Å². The van der Waals surface area contributed by atoms with Gasteiger partial charge in [-0.1, -0.05) is 0 Å². The van der Waals surface area contributed by atoms with Crippen molar-refractivity contribution < 1.29 is 16.8 Å². The Kier molecular flexibility index (Phi) is 6.88. The Hall–Kier alpha value is -2.78. The van der Waals surface area contributed by atoms with Gasteiger partial charge in [-0.3, -0.25) is 0 Å². The molecule has 3 aromatic heterocycles. The van der Waals surface area contributed by atoms with E-state index in [9.17, 15) is 16.8 Å². The highest BCUT2D eigenvalue weighted by molar-refractivity contribution is 9.10. The molecule has 1 atom stereocenters. The first-order valence-electron chi connectivity index (χ1n) is 12.0. The number of nitrogens with zero attached hydrogens (tertiary/aromatic N) is 4. The predicted molar refractivity (Wildman–Crippen MR) is 150 cm³/mol. The number of sulfonamides is 2. The lowest BCUT2D eigenvalue weighted by atomic mass is 10.2. The highest BCUT2D eigenvalue weighted by Crippen LogP contribution is 2.34. The number of hydrogen-bond donors (Lipinski definition) is 3. The van der Waals surface area contributed by atoms with Gasteiger partial charge in [-0.25, -0.2) is 31.9 Å². The number of hydrogen-bond acceptors (Lipinski definition) is 7. The smallest absolute Gasteiger partial charge is 0.238 e. The number of halogens is 1. The van der Waals surface area contributed by atoms with E-state index in [0.29, 0.717) is 36.5 Å². The van der Waals surface area contributed by atoms with Crippen LogP contribution in [0.15, 0.2) is 45.9 Å². The van der Waals surface area contributed by atoms with E-state index in [1.165, 1.54) is 16.4 Å². The monoisotopic (exact) mass is 621 g/mol. The number of aromatic amines is 1. The third kappa shape index (κ3) is 4.86. The molecule has 4 N–H and O–H groups in total. The number of pyridine rings is 1. The molecule has 4 heterocycles. The van der Waals surface area contributed by atoms with Crippen LogP contribution >= 0.6 is 15.9 Å². The number of imidazole rings is 1. The van der Waals surface area contributed by atoms with Crippen molar-refractivity contribution in [2.24, 2.45) is 5.14 Å². The van der Waals surface area contributed by atoms with Crippen LogP contribution in [0.1, 0.15) is 24.7 Å². The average Bonchev–Trinajstić information content (AvgIpc) is 3.58. The summed E-state index contributed by atoms with van der Waals surface area (Å²) in [5, 5.41) is 8.73. The summed E-state index contributed by atoms with van der Waals surface area (Å²) in [7, 11) is -7.01. The van der Waals surface area contributed by atoms with Gasteiger partial charge in [0.15, 0.2) is 5.65 Å². The zero-order valence-corrected chi connectivity index (χ0v) is 24.3. The first-order valence-corrected chi connectivity index (χ1v) is 15.9. The summed E-state index contributed by atoms with van der Waals surface area (Å²) in [5.41, 5.74) is 5.55. The molecule has 38 heavy (non-hydrogen) atoms. The number of nitrogens with two attached hydrogens (primary N) is 1. The first kappa shape index (κ1) is 26.8. The number of anilines is 1. The standard InChI is InChI=1S/C24H28BrN7O4S2/c1-4-37(33,34)31-10-9-16(13-31)28-21-20(25)12-27-24-22(21)29-23(30-24)19-11-14(2)32(15(19)3)17-5-7-18(8-6-17)38(26,35)36/h5-8,11-12,16H,4,9-10,13H2,1-3H3,(H2,26,35,36)(H2,27,28,29,30). The summed E-state index contributed by atoms with van der Waals surface area (Å²) in [6.45, 7) is 6.47. The molecule has 0 aliphatic carbocycles. The number of primary sulfonamides is 1. The average molecular weight is 623 g/mol. The summed E-state index contributed by atoms with van der Waals surface area (Å²) in [6.07, 6.45) is 2.38. The normalized spacial score (nSPS) is 16.9. The first-order chi connectivity index (χ1) is 17.9. The van der Waals surface area contributed by atoms with Crippen molar-refractivity contribution in [1.82, 2.24) is 23.8 Å². The fourth-order valence-electron chi connectivity index (χ4n) is 4.87. The fourth-order valence-corrected chi connectivity index (χ4v) is 6.96. The maximum atomic E-state index is 12.3. The SMILES string of the molecule is CCS(=O)(=O)N1CCC(Nc2c(Br)cnc3nc(-c4cc(C)n(-c5ccc(S(N)(=O)=O)cc5)c4C)[nH]c23)C1. The van der Waals surface area contributed by atoms with Crippen molar-refractivity contribution in [3.8, 4) is 17.1 Å². The maximum Gasteiger partial charge on any atom is 0.238 e. The van der Waals surface area contributed by atoms with Gasteiger partial charge in [0.1, 0.15) is 11.3 Å². The minimum atomic E-state index is -3.78. The third-order valence-corrected chi connectivity index (χ3v) is 10.2. The van der Waals surface area contributed by atoms with Crippen molar-refractivity contribution in [1.29, 1.82) is 0 Å². The highest BCUT2D eigenvalue weighted by atomic mass is 79.9. The Morgan fingerprint density at radius 3 is 2.55 bits per heavy atom. The van der Waals surface area contributed by atoms with E-state index in [0.717, 1.165) is 32.8 Å². The molecule has 0 radical (unpaired) electrons. The van der Waals surface area contributed by atoms with Gasteiger partial charge in [-0.15, -0.1) is 0 Å². The second-order valence-electron chi connectivity index (χ2n) is 9.31. The van der Waals surface area contributed by atoms with Crippen molar-refractivity contribution in [2.45, 2.75) is 38.1 Å². The Labute approximate surface area is 229 Å². The molecule has 1 aliphatic heterocycles. The molecule has 0 saturated carbocycles. The zero-order chi connectivity index (χ0) is 27.4. The topological polar surface area (TPSA) is 156 Å². The molecule has 5 rings (SSSR count). The van der Waals surface area contributed by atoms with E-state index in [1.54, 1.807) is 25.3 Å². The van der Waals surface area contributed by atoms with Crippen LogP contribution in [0, 0.1) is 13.8 Å². The molecule has 11 nitrogen and oxygen atoms in total. The molecule has 202 valence electrons. The van der Waals surface area contributed by atoms with Crippen LogP contribution in [-0.4, -0.2) is 65.5 Å². The van der Waals surface area contributed by atoms with Gasteiger partial charge >= 0.3 is 0 Å². The van der Waals surface area contributed by atoms with Gasteiger partial charge in [-0.05, 0) is 73.5 Å². The van der Waals surface area contributed by atoms with Crippen LogP contribution in [0.3, 0.4) is 0 Å². The quantitative estimate of drug-likeness (QED) is 0.286. The van der Waals surface area contributed by atoms with E-state index in [1.807, 2.05) is 24.5 Å².